The van der Waals surface area contributed by atoms with Crippen LogP contribution in [0.4, 0.5) is 13.2 Å². The predicted molar refractivity (Wildman–Crippen MR) is 69.5 cm³/mol. The molecule has 0 radical (unpaired) electrons. The van der Waals surface area contributed by atoms with Gasteiger partial charge in [-0.05, 0) is 30.7 Å². The van der Waals surface area contributed by atoms with Crippen LogP contribution in [0.15, 0.2) is 40.8 Å². The van der Waals surface area contributed by atoms with Crippen molar-refractivity contribution in [1.82, 2.24) is 0 Å². The quantitative estimate of drug-likeness (QED) is 0.889. The molecule has 0 aliphatic heterocycles. The van der Waals surface area contributed by atoms with Gasteiger partial charge < -0.3 is 20.0 Å². The third kappa shape index (κ3) is 4.24. The zero-order valence-electron chi connectivity index (χ0n) is 10.9. The Hall–Kier alpha value is -1.99. The Balaban J connectivity index is 2.20. The number of hydrogen-bond donors (Lipinski definition) is 2. The van der Waals surface area contributed by atoms with Crippen LogP contribution in [0.25, 0.3) is 11.3 Å². The summed E-state index contributed by atoms with van der Waals surface area (Å²) in [5.41, 5.74) is 6.23. The summed E-state index contributed by atoms with van der Waals surface area (Å²) in [5.74, 6) is 0.518. The summed E-state index contributed by atoms with van der Waals surface area (Å²) < 4.78 is 45.9. The first kappa shape index (κ1) is 15.4. The molecule has 0 amide bonds. The van der Waals surface area contributed by atoms with Gasteiger partial charge >= 0.3 is 6.36 Å². The maximum absolute atomic E-state index is 12.2. The average molecular weight is 301 g/mol. The molecule has 1 aromatic carbocycles. The Kier molecular flexibility index (Phi) is 4.54. The molecule has 3 N–H and O–H groups in total. The van der Waals surface area contributed by atoms with Gasteiger partial charge in [0.25, 0.3) is 0 Å². The van der Waals surface area contributed by atoms with Crippen LogP contribution < -0.4 is 10.5 Å². The summed E-state index contributed by atoms with van der Waals surface area (Å²) in [5, 5.41) is 8.82. The number of aliphatic hydroxyl groups excluding tert-OH is 1. The van der Waals surface area contributed by atoms with Gasteiger partial charge in [0.15, 0.2) is 0 Å². The molecule has 1 unspecified atom stereocenters. The Morgan fingerprint density at radius 1 is 1.24 bits per heavy atom. The number of ether oxygens (including phenoxy) is 1. The van der Waals surface area contributed by atoms with E-state index in [0.29, 0.717) is 23.5 Å². The fraction of sp³-hybridized carbons (Fsp3) is 0.286. The molecular weight excluding hydrogens is 287 g/mol. The van der Waals surface area contributed by atoms with Crippen LogP contribution in [0.2, 0.25) is 0 Å². The first-order valence-corrected chi connectivity index (χ1v) is 6.21. The minimum absolute atomic E-state index is 0.0773. The second kappa shape index (κ2) is 6.19. The Morgan fingerprint density at radius 3 is 2.67 bits per heavy atom. The number of halogens is 3. The zero-order valence-corrected chi connectivity index (χ0v) is 10.9. The summed E-state index contributed by atoms with van der Waals surface area (Å²) in [4.78, 5) is 0. The largest absolute Gasteiger partial charge is 0.573 e. The number of aliphatic hydroxyl groups is 1. The number of rotatable bonds is 5. The van der Waals surface area contributed by atoms with Gasteiger partial charge in [0.1, 0.15) is 17.3 Å². The van der Waals surface area contributed by atoms with Gasteiger partial charge in [-0.25, -0.2) is 0 Å². The van der Waals surface area contributed by atoms with Gasteiger partial charge in [-0.15, -0.1) is 13.2 Å². The molecule has 21 heavy (non-hydrogen) atoms. The predicted octanol–water partition coefficient (Wildman–Crippen LogP) is 3.23. The van der Waals surface area contributed by atoms with Crippen molar-refractivity contribution in [1.29, 1.82) is 0 Å². The lowest BCUT2D eigenvalue weighted by Crippen LogP contribution is -2.17. The van der Waals surface area contributed by atoms with Crippen molar-refractivity contribution in [3.05, 3.63) is 42.2 Å². The summed E-state index contributed by atoms with van der Waals surface area (Å²) in [6, 6.07) is 8.26. The van der Waals surface area contributed by atoms with Crippen LogP contribution in [0.5, 0.6) is 5.75 Å². The van der Waals surface area contributed by atoms with Crippen molar-refractivity contribution in [2.24, 2.45) is 5.73 Å². The number of furan rings is 1. The highest BCUT2D eigenvalue weighted by Crippen LogP contribution is 2.30. The summed E-state index contributed by atoms with van der Waals surface area (Å²) in [7, 11) is 0. The van der Waals surface area contributed by atoms with Crippen LogP contribution in [-0.4, -0.2) is 18.1 Å². The summed E-state index contributed by atoms with van der Waals surface area (Å²) in [6.45, 7) is -0.0773. The molecule has 1 atom stereocenters. The fourth-order valence-electron chi connectivity index (χ4n) is 1.84. The molecule has 0 saturated heterocycles. The number of alkyl halides is 3. The minimum Gasteiger partial charge on any atom is -0.459 e. The van der Waals surface area contributed by atoms with Gasteiger partial charge in [-0.1, -0.05) is 12.1 Å². The van der Waals surface area contributed by atoms with E-state index in [9.17, 15) is 13.2 Å². The lowest BCUT2D eigenvalue weighted by molar-refractivity contribution is -0.274. The number of benzene rings is 1. The number of hydrogen-bond acceptors (Lipinski definition) is 4. The SMILES string of the molecule is NC(CCO)c1ccc(-c2cccc(OC(F)(F)F)c2)o1. The first-order chi connectivity index (χ1) is 9.89. The van der Waals surface area contributed by atoms with E-state index in [2.05, 4.69) is 4.74 Å². The molecule has 114 valence electrons. The molecule has 0 bridgehead atoms. The zero-order chi connectivity index (χ0) is 15.5. The van der Waals surface area contributed by atoms with Gasteiger partial charge in [-0.2, -0.15) is 0 Å². The molecule has 2 aromatic rings. The smallest absolute Gasteiger partial charge is 0.459 e. The molecule has 2 rings (SSSR count). The van der Waals surface area contributed by atoms with E-state index in [0.717, 1.165) is 0 Å². The van der Waals surface area contributed by atoms with Crippen molar-refractivity contribution >= 4 is 0 Å². The monoisotopic (exact) mass is 301 g/mol. The van der Waals surface area contributed by atoms with E-state index in [-0.39, 0.29) is 12.4 Å². The van der Waals surface area contributed by atoms with Crippen molar-refractivity contribution in [2.75, 3.05) is 6.61 Å². The molecule has 0 aliphatic rings. The second-order valence-corrected chi connectivity index (χ2v) is 4.40. The molecule has 1 aromatic heterocycles. The normalized spacial score (nSPS) is 13.2. The highest BCUT2D eigenvalue weighted by atomic mass is 19.4. The number of nitrogens with two attached hydrogens (primary N) is 1. The van der Waals surface area contributed by atoms with Gasteiger partial charge in [-0.3, -0.25) is 0 Å². The second-order valence-electron chi connectivity index (χ2n) is 4.40. The van der Waals surface area contributed by atoms with Crippen molar-refractivity contribution in [3.63, 3.8) is 0 Å². The highest BCUT2D eigenvalue weighted by molar-refractivity contribution is 5.59. The van der Waals surface area contributed by atoms with Crippen LogP contribution in [0.1, 0.15) is 18.2 Å². The van der Waals surface area contributed by atoms with Crippen LogP contribution in [0, 0.1) is 0 Å². The van der Waals surface area contributed by atoms with E-state index in [1.165, 1.54) is 18.2 Å². The molecular formula is C14H14F3NO3. The lowest BCUT2D eigenvalue weighted by Gasteiger charge is -2.09. The van der Waals surface area contributed by atoms with Crippen LogP contribution >= 0.6 is 0 Å². The fourth-order valence-corrected chi connectivity index (χ4v) is 1.84. The molecule has 4 nitrogen and oxygen atoms in total. The minimum atomic E-state index is -4.74. The van der Waals surface area contributed by atoms with Gasteiger partial charge in [0.05, 0.1) is 6.04 Å². The molecule has 0 saturated carbocycles. The van der Waals surface area contributed by atoms with Crippen LogP contribution in [0.3, 0.4) is 0 Å². The lowest BCUT2D eigenvalue weighted by atomic mass is 10.1. The summed E-state index contributed by atoms with van der Waals surface area (Å²) in [6.07, 6.45) is -4.40. The standard InChI is InChI=1S/C14H14F3NO3/c15-14(16,17)21-10-3-1-2-9(8-10)12-4-5-13(20-12)11(18)6-7-19/h1-5,8,11,19H,6-7,18H2. The molecule has 0 fully saturated rings. The Bertz CT molecular complexity index is 595. The van der Waals surface area contributed by atoms with E-state index in [4.69, 9.17) is 15.3 Å². The van der Waals surface area contributed by atoms with E-state index in [1.807, 2.05) is 0 Å². The first-order valence-electron chi connectivity index (χ1n) is 6.21. The summed E-state index contributed by atoms with van der Waals surface area (Å²) >= 11 is 0. The topological polar surface area (TPSA) is 68.6 Å². The third-order valence-electron chi connectivity index (χ3n) is 2.78. The third-order valence-corrected chi connectivity index (χ3v) is 2.78. The maximum atomic E-state index is 12.2. The van der Waals surface area contributed by atoms with E-state index >= 15 is 0 Å². The highest BCUT2D eigenvalue weighted by Gasteiger charge is 2.31. The van der Waals surface area contributed by atoms with Crippen molar-refractivity contribution in [2.45, 2.75) is 18.8 Å². The molecule has 7 heteroatoms. The average Bonchev–Trinajstić information content (AvgIpc) is 2.87. The van der Waals surface area contributed by atoms with E-state index < -0.39 is 12.4 Å². The Morgan fingerprint density at radius 2 is 2.00 bits per heavy atom. The maximum Gasteiger partial charge on any atom is 0.573 e. The van der Waals surface area contributed by atoms with E-state index in [1.54, 1.807) is 18.2 Å². The molecule has 0 aliphatic carbocycles. The van der Waals surface area contributed by atoms with Crippen molar-refractivity contribution < 1.29 is 27.4 Å². The molecule has 0 spiro atoms. The molecule has 1 heterocycles. The van der Waals surface area contributed by atoms with Crippen LogP contribution in [-0.2, 0) is 0 Å². The Labute approximate surface area is 118 Å². The van der Waals surface area contributed by atoms with Crippen molar-refractivity contribution in [3.8, 4) is 17.1 Å². The van der Waals surface area contributed by atoms with Gasteiger partial charge in [0.2, 0.25) is 0 Å². The van der Waals surface area contributed by atoms with Gasteiger partial charge in [0, 0.05) is 12.2 Å².